The quantitative estimate of drug-likeness (QED) is 0.120. The van der Waals surface area contributed by atoms with E-state index in [1.807, 2.05) is 6.07 Å². The van der Waals surface area contributed by atoms with E-state index >= 15 is 0 Å². The standard InChI is InChI=1S/2C23H27.C12H7Si.Zr/c2*1-22(2,3)17-14-16-10-9-12-18(20(16)15-17)19-11-7-8-13-21(19)23(4,5)6;1-3-7-11-9(5-1)10-6-2-4-8-12(10)13-11;/h2*7-15H,1-6H3;1-7H;/q3*-1;+3. The summed E-state index contributed by atoms with van der Waals surface area (Å²) in [6, 6.07) is 58.6. The van der Waals surface area contributed by atoms with Crippen molar-refractivity contribution in [1.82, 2.24) is 0 Å². The molecule has 0 fully saturated rings. The molecule has 8 aromatic rings. The molecule has 2 heteroatoms. The fourth-order valence-corrected chi connectivity index (χ4v) is 9.59. The predicted molar refractivity (Wildman–Crippen MR) is 260 cm³/mol. The monoisotopic (exact) mass is 875 g/mol. The van der Waals surface area contributed by atoms with Gasteiger partial charge in [-0.2, -0.15) is 41.6 Å². The van der Waals surface area contributed by atoms with E-state index in [9.17, 15) is 0 Å². The minimum atomic E-state index is 0. The number of fused-ring (bicyclic) bond motifs is 5. The summed E-state index contributed by atoms with van der Waals surface area (Å²) in [7, 11) is 0.795. The van der Waals surface area contributed by atoms with Crippen molar-refractivity contribution >= 4 is 41.4 Å². The van der Waals surface area contributed by atoms with Crippen molar-refractivity contribution in [2.75, 3.05) is 0 Å². The Morgan fingerprint density at radius 3 is 1.25 bits per heavy atom. The molecule has 1 heterocycles. The molecular weight excluding hydrogens is 816 g/mol. The van der Waals surface area contributed by atoms with E-state index in [0.717, 1.165) is 9.52 Å². The van der Waals surface area contributed by atoms with Gasteiger partial charge in [0.05, 0.1) is 9.52 Å². The molecule has 0 amide bonds. The molecule has 0 unspecified atom stereocenters. The van der Waals surface area contributed by atoms with Crippen molar-refractivity contribution in [3.63, 3.8) is 0 Å². The third-order valence-corrected chi connectivity index (χ3v) is 13.0. The van der Waals surface area contributed by atoms with Crippen molar-refractivity contribution in [2.24, 2.45) is 0 Å². The van der Waals surface area contributed by atoms with Crippen LogP contribution in [0.15, 0.2) is 152 Å². The van der Waals surface area contributed by atoms with Crippen LogP contribution in [0, 0.1) is 6.07 Å². The van der Waals surface area contributed by atoms with Crippen LogP contribution in [0.2, 0.25) is 0 Å². The van der Waals surface area contributed by atoms with Crippen molar-refractivity contribution in [1.29, 1.82) is 0 Å². The molecule has 9 rings (SSSR count). The van der Waals surface area contributed by atoms with Gasteiger partial charge in [0.2, 0.25) is 0 Å². The van der Waals surface area contributed by atoms with Gasteiger partial charge in [-0.15, -0.1) is 74.6 Å². The van der Waals surface area contributed by atoms with Crippen LogP contribution in [0.4, 0.5) is 0 Å². The van der Waals surface area contributed by atoms with E-state index in [0.29, 0.717) is 0 Å². The van der Waals surface area contributed by atoms with Crippen LogP contribution in [0.3, 0.4) is 0 Å². The molecule has 0 nitrogen and oxygen atoms in total. The molecule has 0 aliphatic carbocycles. The number of rotatable bonds is 2. The van der Waals surface area contributed by atoms with Gasteiger partial charge < -0.3 is 0 Å². The van der Waals surface area contributed by atoms with E-state index in [1.54, 1.807) is 0 Å². The molecule has 0 spiro atoms. The van der Waals surface area contributed by atoms with Gasteiger partial charge >= 0.3 is 26.2 Å². The van der Waals surface area contributed by atoms with Gasteiger partial charge in [-0.1, -0.05) is 190 Å². The Morgan fingerprint density at radius 1 is 0.400 bits per heavy atom. The summed E-state index contributed by atoms with van der Waals surface area (Å²) < 4.78 is 0. The molecule has 8 aromatic carbocycles. The van der Waals surface area contributed by atoms with Crippen molar-refractivity contribution in [3.8, 4) is 33.4 Å². The summed E-state index contributed by atoms with van der Waals surface area (Å²) >= 11 is 0. The maximum atomic E-state index is 3.31. The van der Waals surface area contributed by atoms with Gasteiger partial charge in [0.25, 0.3) is 0 Å². The summed E-state index contributed by atoms with van der Waals surface area (Å²) in [5.41, 5.74) is 14.5. The second-order valence-electron chi connectivity index (χ2n) is 20.3. The van der Waals surface area contributed by atoms with Gasteiger partial charge in [-0.3, -0.25) is 0 Å². The van der Waals surface area contributed by atoms with Crippen LogP contribution in [0.25, 0.3) is 54.9 Å². The molecule has 3 radical (unpaired) electrons. The van der Waals surface area contributed by atoms with Crippen LogP contribution in [-0.2, 0) is 47.9 Å². The van der Waals surface area contributed by atoms with Gasteiger partial charge in [-0.25, -0.2) is 0 Å². The topological polar surface area (TPSA) is 0 Å². The number of benzene rings is 6. The molecular formula is C58H61SiZr. The average molecular weight is 877 g/mol. The van der Waals surface area contributed by atoms with Gasteiger partial charge in [0.15, 0.2) is 0 Å². The Labute approximate surface area is 383 Å². The molecule has 301 valence electrons. The van der Waals surface area contributed by atoms with Gasteiger partial charge in [-0.05, 0) is 43.9 Å². The third-order valence-electron chi connectivity index (χ3n) is 11.6. The Hall–Kier alpha value is -4.36. The number of hydrogen-bond acceptors (Lipinski definition) is 0. The summed E-state index contributed by atoms with van der Waals surface area (Å²) in [6.07, 6.45) is 0. The van der Waals surface area contributed by atoms with Crippen LogP contribution in [0.1, 0.15) is 105 Å². The Balaban J connectivity index is 0.000000155. The normalized spacial score (nSPS) is 12.5. The molecule has 0 saturated carbocycles. The fraction of sp³-hybridized carbons (Fsp3) is 0.276. The minimum absolute atomic E-state index is 0. The van der Waals surface area contributed by atoms with Crippen molar-refractivity contribution < 1.29 is 26.2 Å². The summed E-state index contributed by atoms with van der Waals surface area (Å²) in [6.45, 7) is 27.4. The van der Waals surface area contributed by atoms with Crippen LogP contribution in [0.5, 0.6) is 0 Å². The zero-order chi connectivity index (χ0) is 42.3. The van der Waals surface area contributed by atoms with Crippen molar-refractivity contribution in [3.05, 3.63) is 180 Å². The maximum Gasteiger partial charge on any atom is 3.00 e. The first-order valence-electron chi connectivity index (χ1n) is 21.3. The van der Waals surface area contributed by atoms with E-state index < -0.39 is 0 Å². The smallest absolute Gasteiger partial charge is 0.184 e. The molecule has 0 saturated heterocycles. The summed E-state index contributed by atoms with van der Waals surface area (Å²) in [4.78, 5) is 0. The van der Waals surface area contributed by atoms with Gasteiger partial charge in [0, 0.05) is 0 Å². The third kappa shape index (κ3) is 9.72. The average Bonchev–Trinajstić information content (AvgIpc) is 3.93. The Kier molecular flexibility index (Phi) is 13.2. The predicted octanol–water partition coefficient (Wildman–Crippen LogP) is 14.8. The molecule has 0 atom stereocenters. The summed E-state index contributed by atoms with van der Waals surface area (Å²) in [5.74, 6) is 0. The Bertz CT molecular complexity index is 2530. The van der Waals surface area contributed by atoms with Crippen LogP contribution >= 0.6 is 0 Å². The van der Waals surface area contributed by atoms with E-state index in [1.165, 1.54) is 87.6 Å². The van der Waals surface area contributed by atoms with E-state index in [4.69, 9.17) is 0 Å². The second kappa shape index (κ2) is 17.6. The minimum Gasteiger partial charge on any atom is -0.184 e. The zero-order valence-electron chi connectivity index (χ0n) is 37.9. The largest absolute Gasteiger partial charge is 3.00 e. The fourth-order valence-electron chi connectivity index (χ4n) is 8.28. The molecule has 0 bridgehead atoms. The second-order valence-corrected chi connectivity index (χ2v) is 21.6. The SMILES string of the molecule is CC(C)(C)c1cc2c(-c3ccccc3C(C)(C)C)cccc2[cH-]1.CC(C)(C)c1cc2c(-c3ccccc3C(C)(C)C)cccc2[cH-]1.[Zr+3].[c-]1cccc2c1[Si]c1ccccc1-2. The molecule has 1 aliphatic rings. The first-order chi connectivity index (χ1) is 27.8. The van der Waals surface area contributed by atoms with E-state index in [-0.39, 0.29) is 47.9 Å². The molecule has 0 N–H and O–H groups in total. The van der Waals surface area contributed by atoms with Crippen molar-refractivity contribution in [2.45, 2.75) is 105 Å². The van der Waals surface area contributed by atoms with E-state index in [2.05, 4.69) is 235 Å². The van der Waals surface area contributed by atoms with Crippen LogP contribution in [-0.4, -0.2) is 9.52 Å². The molecule has 60 heavy (non-hydrogen) atoms. The Morgan fingerprint density at radius 2 is 0.800 bits per heavy atom. The molecule has 0 aromatic heterocycles. The van der Waals surface area contributed by atoms with Crippen LogP contribution < -0.4 is 10.4 Å². The zero-order valence-corrected chi connectivity index (χ0v) is 41.4. The number of hydrogen-bond donors (Lipinski definition) is 0. The van der Waals surface area contributed by atoms with Gasteiger partial charge in [0.1, 0.15) is 0 Å². The summed E-state index contributed by atoms with van der Waals surface area (Å²) in [5, 5.41) is 8.25. The maximum absolute atomic E-state index is 3.31. The first kappa shape index (κ1) is 45.2. The first-order valence-corrected chi connectivity index (χ1v) is 22.3. The molecule has 1 aliphatic heterocycles.